The molecule has 3 heteroatoms. The Bertz CT molecular complexity index is 59.8. The van der Waals surface area contributed by atoms with E-state index in [9.17, 15) is 4.79 Å². The molecule has 0 amide bonds. The number of hydrogen-bond acceptors (Lipinski definition) is 2. The number of rotatable bonds is 1. The van der Waals surface area contributed by atoms with Crippen LogP contribution in [0.2, 0.25) is 0 Å². The van der Waals surface area contributed by atoms with Crippen LogP contribution in [0, 0.1) is 0 Å². The fourth-order valence-electron chi connectivity index (χ4n) is 0. The van der Waals surface area contributed by atoms with E-state index in [2.05, 4.69) is 0 Å². The van der Waals surface area contributed by atoms with Gasteiger partial charge in [-0.05, 0) is 6.92 Å². The summed E-state index contributed by atoms with van der Waals surface area (Å²) < 4.78 is 0. The molecule has 0 aliphatic heterocycles. The fourth-order valence-corrected chi connectivity index (χ4v) is 0. The molecule has 0 aromatic carbocycles. The summed E-state index contributed by atoms with van der Waals surface area (Å²) in [5, 5.41) is 0. The first-order valence-electron chi connectivity index (χ1n) is 1.16. The minimum absolute atomic E-state index is 0. The van der Waals surface area contributed by atoms with Gasteiger partial charge in [0, 0.05) is 5.78 Å². The van der Waals surface area contributed by atoms with E-state index in [0.717, 1.165) is 13.2 Å². The Hall–Kier alpha value is -0.0756. The van der Waals surface area contributed by atoms with Crippen molar-refractivity contribution in [3.63, 3.8) is 0 Å². The average molecular weight is 122 g/mol. The summed E-state index contributed by atoms with van der Waals surface area (Å²) in [5.41, 5.74) is 0. The number of Topliss-reactive ketones (excluding diaryl/α,β-unsaturated/α-hetero) is 1. The van der Waals surface area contributed by atoms with Gasteiger partial charge in [0.15, 0.2) is 0 Å². The minimum atomic E-state index is -0.551. The first-order valence-corrected chi connectivity index (χ1v) is 1.16. The number of ketones is 1. The molecular weight excluding hydrogens is 119 g/mol. The molecule has 2 nitrogen and oxygen atoms in total. The zero-order valence-corrected chi connectivity index (χ0v) is 4.66. The Balaban J connectivity index is 0. The Morgan fingerprint density at radius 2 is 1.83 bits per heavy atom. The third-order valence-corrected chi connectivity index (χ3v) is 0.144. The minimum Gasteiger partial charge on any atom is -0.534 e. The van der Waals surface area contributed by atoms with Crippen LogP contribution < -0.4 is 0 Å². The average Bonchev–Trinajstić information content (AvgIpc) is 1.38. The van der Waals surface area contributed by atoms with Crippen LogP contribution in [0.3, 0.4) is 0 Å². The van der Waals surface area contributed by atoms with Crippen molar-refractivity contribution < 1.29 is 28.1 Å². The number of carbonyl (C=O) groups is 1. The van der Waals surface area contributed by atoms with Crippen molar-refractivity contribution in [2.75, 3.05) is 0 Å². The Kier molecular flexibility index (Phi) is 7.66. The molecule has 1 radical (unpaired) electrons. The van der Waals surface area contributed by atoms with Gasteiger partial charge in [-0.3, -0.25) is 0 Å². The van der Waals surface area contributed by atoms with Gasteiger partial charge >= 0.3 is 18.6 Å². The second-order valence-electron chi connectivity index (χ2n) is 0.658. The van der Waals surface area contributed by atoms with Gasteiger partial charge in [0.2, 0.25) is 0 Å². The van der Waals surface area contributed by atoms with Gasteiger partial charge < -0.3 is 9.59 Å². The van der Waals surface area contributed by atoms with E-state index in [1.54, 1.807) is 0 Å². The summed E-state index contributed by atoms with van der Waals surface area (Å²) in [6.07, 6.45) is 1.14. The molecule has 0 bridgehead atoms. The van der Waals surface area contributed by atoms with Crippen molar-refractivity contribution in [1.29, 1.82) is 0 Å². The summed E-state index contributed by atoms with van der Waals surface area (Å²) in [4.78, 5) is 18.4. The predicted octanol–water partition coefficient (Wildman–Crippen LogP) is -0.317. The molecule has 6 heavy (non-hydrogen) atoms. The van der Waals surface area contributed by atoms with Crippen LogP contribution in [-0.2, 0) is 28.1 Å². The van der Waals surface area contributed by atoms with E-state index in [1.807, 2.05) is 0 Å². The van der Waals surface area contributed by atoms with Gasteiger partial charge in [-0.2, -0.15) is 6.29 Å². The monoisotopic (exact) mass is 122 g/mol. The van der Waals surface area contributed by atoms with Crippen LogP contribution in [-0.4, -0.2) is 12.1 Å². The van der Waals surface area contributed by atoms with Crippen molar-refractivity contribution in [2.24, 2.45) is 0 Å². The summed E-state index contributed by atoms with van der Waals surface area (Å²) in [5.74, 6) is -0.551. The molecule has 0 atom stereocenters. The third-order valence-electron chi connectivity index (χ3n) is 0.144. The summed E-state index contributed by atoms with van der Waals surface area (Å²) >= 11 is 0. The largest absolute Gasteiger partial charge is 2.00 e. The molecule has 0 rings (SSSR count). The molecule has 0 aromatic heterocycles. The van der Waals surface area contributed by atoms with E-state index in [-0.39, 0.29) is 18.6 Å². The fraction of sp³-hybridized carbons (Fsp3) is 0.333. The quantitative estimate of drug-likeness (QED) is 0.353. The second-order valence-corrected chi connectivity index (χ2v) is 0.658. The molecule has 0 aliphatic rings. The van der Waals surface area contributed by atoms with Crippen LogP contribution >= 0.6 is 0 Å². The molecule has 0 fully saturated rings. The van der Waals surface area contributed by atoms with E-state index < -0.39 is 5.78 Å². The van der Waals surface area contributed by atoms with Gasteiger partial charge in [0.25, 0.3) is 0 Å². The molecule has 0 aromatic rings. The van der Waals surface area contributed by atoms with Crippen molar-refractivity contribution in [1.82, 2.24) is 0 Å². The maximum absolute atomic E-state index is 9.39. The summed E-state index contributed by atoms with van der Waals surface area (Å²) in [6, 6.07) is 0. The predicted molar refractivity (Wildman–Crippen MR) is 16.4 cm³/mol. The van der Waals surface area contributed by atoms with Crippen LogP contribution in [0.25, 0.3) is 0 Å². The van der Waals surface area contributed by atoms with Gasteiger partial charge in [-0.1, -0.05) is 0 Å². The Labute approximate surface area is 47.8 Å². The van der Waals surface area contributed by atoms with Crippen molar-refractivity contribution in [2.45, 2.75) is 6.92 Å². The molecule has 0 aliphatic carbocycles. The standard InChI is InChI=1S/C3H3O2.V/c1-3(5)2-4;/h1H3;/q-1;+2. The zero-order chi connectivity index (χ0) is 4.28. The topological polar surface area (TPSA) is 34.1 Å². The Morgan fingerprint density at radius 1 is 1.67 bits per heavy atom. The van der Waals surface area contributed by atoms with Crippen LogP contribution in [0.5, 0.6) is 0 Å². The van der Waals surface area contributed by atoms with Crippen LogP contribution in [0.4, 0.5) is 0 Å². The Morgan fingerprint density at radius 3 is 1.83 bits per heavy atom. The molecule has 0 unspecified atom stereocenters. The molecule has 0 heterocycles. The summed E-state index contributed by atoms with van der Waals surface area (Å²) in [6.45, 7) is 1.16. The molecular formula is C3H3O2V+. The maximum atomic E-state index is 9.39. The smallest absolute Gasteiger partial charge is 0.534 e. The van der Waals surface area contributed by atoms with Crippen LogP contribution in [0.1, 0.15) is 6.92 Å². The van der Waals surface area contributed by atoms with Crippen LogP contribution in [0.15, 0.2) is 0 Å². The normalized spacial score (nSPS) is 5.50. The first kappa shape index (κ1) is 9.33. The summed E-state index contributed by atoms with van der Waals surface area (Å²) in [7, 11) is 0. The van der Waals surface area contributed by atoms with E-state index in [1.165, 1.54) is 0 Å². The number of hydrogen-bond donors (Lipinski definition) is 0. The van der Waals surface area contributed by atoms with Gasteiger partial charge in [-0.15, -0.1) is 0 Å². The van der Waals surface area contributed by atoms with Gasteiger partial charge in [-0.25, -0.2) is 0 Å². The molecule has 0 saturated carbocycles. The van der Waals surface area contributed by atoms with Crippen molar-refractivity contribution in [3.05, 3.63) is 0 Å². The number of carbonyl (C=O) groups excluding carboxylic acids is 2. The maximum Gasteiger partial charge on any atom is 2.00 e. The van der Waals surface area contributed by atoms with Crippen molar-refractivity contribution >= 4 is 12.1 Å². The van der Waals surface area contributed by atoms with Gasteiger partial charge in [0.1, 0.15) is 0 Å². The van der Waals surface area contributed by atoms with Crippen molar-refractivity contribution in [3.8, 4) is 0 Å². The van der Waals surface area contributed by atoms with E-state index >= 15 is 0 Å². The van der Waals surface area contributed by atoms with Gasteiger partial charge in [0.05, 0.1) is 0 Å². The van der Waals surface area contributed by atoms with E-state index in [0.29, 0.717) is 0 Å². The molecule has 31 valence electrons. The molecule has 0 saturated heterocycles. The molecule has 0 spiro atoms. The third kappa shape index (κ3) is 9.06. The van der Waals surface area contributed by atoms with E-state index in [4.69, 9.17) is 4.79 Å². The second kappa shape index (κ2) is 4.92. The SMILES string of the molecule is CC(=O)[C-]=O.[V+2]. The first-order chi connectivity index (χ1) is 2.27. The molecule has 0 N–H and O–H groups in total. The zero-order valence-electron chi connectivity index (χ0n) is 3.26.